The quantitative estimate of drug-likeness (QED) is 0.640. The number of benzene rings is 1. The van der Waals surface area contributed by atoms with E-state index in [0.29, 0.717) is 5.82 Å². The zero-order valence-electron chi connectivity index (χ0n) is 16.3. The first-order valence-corrected chi connectivity index (χ1v) is 9.29. The van der Waals surface area contributed by atoms with Gasteiger partial charge >= 0.3 is 0 Å². The second-order valence-corrected chi connectivity index (χ2v) is 6.69. The zero-order valence-corrected chi connectivity index (χ0v) is 16.3. The highest BCUT2D eigenvalue weighted by Gasteiger charge is 2.25. The number of ether oxygens (including phenoxy) is 1. The van der Waals surface area contributed by atoms with E-state index in [4.69, 9.17) is 19.5 Å². The lowest BCUT2D eigenvalue weighted by Crippen LogP contribution is -2.18. The maximum Gasteiger partial charge on any atom is 0.179 e. The van der Waals surface area contributed by atoms with Crippen LogP contribution in [0.15, 0.2) is 47.6 Å². The van der Waals surface area contributed by atoms with Crippen molar-refractivity contribution in [3.8, 4) is 28.5 Å². The molecule has 2 aromatic heterocycles. The van der Waals surface area contributed by atoms with Crippen molar-refractivity contribution in [3.05, 3.63) is 59.4 Å². The average Bonchev–Trinajstić information content (AvgIpc) is 2.73. The minimum atomic E-state index is 0.624. The Hall–Kier alpha value is -3.28. The number of fused-ring (bicyclic) bond motifs is 1. The first kappa shape index (κ1) is 18.1. The van der Waals surface area contributed by atoms with Gasteiger partial charge in [-0.1, -0.05) is 23.4 Å². The predicted octanol–water partition coefficient (Wildman–Crippen LogP) is 4.21. The molecule has 1 aromatic carbocycles. The van der Waals surface area contributed by atoms with E-state index < -0.39 is 0 Å². The number of aromatic nitrogens is 3. The van der Waals surface area contributed by atoms with E-state index in [-0.39, 0.29) is 0 Å². The van der Waals surface area contributed by atoms with Gasteiger partial charge in [0.2, 0.25) is 0 Å². The van der Waals surface area contributed by atoms with Gasteiger partial charge in [0.15, 0.2) is 5.82 Å². The lowest BCUT2D eigenvalue weighted by atomic mass is 9.90. The molecule has 3 aromatic rings. The van der Waals surface area contributed by atoms with Gasteiger partial charge in [-0.25, -0.2) is 15.0 Å². The Morgan fingerprint density at radius 1 is 0.964 bits per heavy atom. The second-order valence-electron chi connectivity index (χ2n) is 6.69. The lowest BCUT2D eigenvalue weighted by Gasteiger charge is -2.21. The molecule has 6 heteroatoms. The number of hydrogen-bond acceptors (Lipinski definition) is 6. The van der Waals surface area contributed by atoms with Crippen molar-refractivity contribution in [2.24, 2.45) is 5.16 Å². The second kappa shape index (κ2) is 7.76. The number of methoxy groups -OCH3 is 1. The van der Waals surface area contributed by atoms with Crippen molar-refractivity contribution in [2.45, 2.75) is 26.2 Å². The molecule has 0 unspecified atom stereocenters. The van der Waals surface area contributed by atoms with Crippen LogP contribution in [-0.4, -0.2) is 34.9 Å². The molecule has 1 aliphatic carbocycles. The molecule has 0 amide bonds. The largest absolute Gasteiger partial charge is 0.497 e. The van der Waals surface area contributed by atoms with Gasteiger partial charge in [-0.15, -0.1) is 0 Å². The van der Waals surface area contributed by atoms with Crippen molar-refractivity contribution in [1.82, 2.24) is 15.0 Å². The van der Waals surface area contributed by atoms with E-state index in [0.717, 1.165) is 64.6 Å². The number of hydrogen-bond donors (Lipinski definition) is 0. The third-order valence-corrected chi connectivity index (χ3v) is 4.76. The summed E-state index contributed by atoms with van der Waals surface area (Å²) in [4.78, 5) is 19.5. The fraction of sp³-hybridized carbons (Fsp3) is 0.273. The maximum absolute atomic E-state index is 5.41. The van der Waals surface area contributed by atoms with E-state index in [1.165, 1.54) is 0 Å². The van der Waals surface area contributed by atoms with Crippen LogP contribution < -0.4 is 4.74 Å². The van der Waals surface area contributed by atoms with Gasteiger partial charge in [0.05, 0.1) is 24.2 Å². The topological polar surface area (TPSA) is 69.5 Å². The predicted molar refractivity (Wildman–Crippen MR) is 108 cm³/mol. The van der Waals surface area contributed by atoms with E-state index in [1.54, 1.807) is 14.2 Å². The normalized spacial score (nSPS) is 14.6. The maximum atomic E-state index is 5.41. The molecule has 0 saturated carbocycles. The third-order valence-electron chi connectivity index (χ3n) is 4.76. The summed E-state index contributed by atoms with van der Waals surface area (Å²) in [6.45, 7) is 1.97. The van der Waals surface area contributed by atoms with Gasteiger partial charge in [-0.2, -0.15) is 0 Å². The molecule has 0 aliphatic heterocycles. The minimum absolute atomic E-state index is 0.624. The Balaban J connectivity index is 1.97. The molecule has 1 aliphatic rings. The molecule has 6 nitrogen and oxygen atoms in total. The average molecular weight is 374 g/mol. The molecular weight excluding hydrogens is 352 g/mol. The Bertz CT molecular complexity index is 1050. The summed E-state index contributed by atoms with van der Waals surface area (Å²) < 4.78 is 5.41. The lowest BCUT2D eigenvalue weighted by molar-refractivity contribution is 0.212. The fourth-order valence-corrected chi connectivity index (χ4v) is 3.50. The summed E-state index contributed by atoms with van der Waals surface area (Å²) in [7, 11) is 3.23. The highest BCUT2D eigenvalue weighted by Crippen LogP contribution is 2.33. The van der Waals surface area contributed by atoms with Crippen LogP contribution in [0.25, 0.3) is 22.8 Å². The molecule has 0 spiro atoms. The Morgan fingerprint density at radius 2 is 1.82 bits per heavy atom. The minimum Gasteiger partial charge on any atom is -0.497 e. The van der Waals surface area contributed by atoms with Crippen LogP contribution in [0, 0.1) is 6.92 Å². The SMILES string of the molecule is CON=C1CCCc2nc(-c3cccc(C)n3)nc(-c3cccc(OC)c3)c21. The van der Waals surface area contributed by atoms with Crippen molar-refractivity contribution in [1.29, 1.82) is 0 Å². The zero-order chi connectivity index (χ0) is 19.5. The highest BCUT2D eigenvalue weighted by atomic mass is 16.6. The van der Waals surface area contributed by atoms with Crippen molar-refractivity contribution in [2.75, 3.05) is 14.2 Å². The van der Waals surface area contributed by atoms with Crippen LogP contribution in [0.5, 0.6) is 5.75 Å². The van der Waals surface area contributed by atoms with E-state index >= 15 is 0 Å². The summed E-state index contributed by atoms with van der Waals surface area (Å²) in [5, 5.41) is 4.26. The van der Waals surface area contributed by atoms with Gasteiger partial charge in [-0.3, -0.25) is 0 Å². The molecule has 0 bridgehead atoms. The summed E-state index contributed by atoms with van der Waals surface area (Å²) in [6.07, 6.45) is 2.68. The van der Waals surface area contributed by atoms with Crippen molar-refractivity contribution >= 4 is 5.71 Å². The van der Waals surface area contributed by atoms with Gasteiger partial charge in [0.25, 0.3) is 0 Å². The first-order chi connectivity index (χ1) is 13.7. The summed E-state index contributed by atoms with van der Waals surface area (Å²) in [5.41, 5.74) is 6.30. The van der Waals surface area contributed by atoms with Crippen LogP contribution in [0.3, 0.4) is 0 Å². The van der Waals surface area contributed by atoms with E-state index in [2.05, 4.69) is 10.1 Å². The van der Waals surface area contributed by atoms with Gasteiger partial charge in [0.1, 0.15) is 18.6 Å². The third kappa shape index (κ3) is 3.45. The highest BCUT2D eigenvalue weighted by molar-refractivity contribution is 6.06. The van der Waals surface area contributed by atoms with Crippen LogP contribution in [0.2, 0.25) is 0 Å². The molecule has 4 rings (SSSR count). The summed E-state index contributed by atoms with van der Waals surface area (Å²) in [5.74, 6) is 1.40. The van der Waals surface area contributed by atoms with Gasteiger partial charge < -0.3 is 9.57 Å². The van der Waals surface area contributed by atoms with Gasteiger partial charge in [0, 0.05) is 16.8 Å². The van der Waals surface area contributed by atoms with Crippen molar-refractivity contribution in [3.63, 3.8) is 0 Å². The summed E-state index contributed by atoms with van der Waals surface area (Å²) >= 11 is 0. The van der Waals surface area contributed by atoms with E-state index in [9.17, 15) is 0 Å². The number of aryl methyl sites for hydroxylation is 2. The van der Waals surface area contributed by atoms with Crippen molar-refractivity contribution < 1.29 is 9.57 Å². The Morgan fingerprint density at radius 3 is 2.61 bits per heavy atom. The molecule has 0 N–H and O–H groups in total. The van der Waals surface area contributed by atoms with Crippen LogP contribution in [-0.2, 0) is 11.3 Å². The molecule has 28 heavy (non-hydrogen) atoms. The Kier molecular flexibility index (Phi) is 5.02. The molecule has 142 valence electrons. The molecule has 0 radical (unpaired) electrons. The number of pyridine rings is 1. The number of nitrogens with zero attached hydrogens (tertiary/aromatic N) is 4. The first-order valence-electron chi connectivity index (χ1n) is 9.29. The molecule has 0 fully saturated rings. The Labute approximate surface area is 164 Å². The van der Waals surface area contributed by atoms with E-state index in [1.807, 2.05) is 49.4 Å². The molecule has 2 heterocycles. The van der Waals surface area contributed by atoms with Crippen LogP contribution in [0.1, 0.15) is 29.8 Å². The van der Waals surface area contributed by atoms with Crippen LogP contribution in [0.4, 0.5) is 0 Å². The standard InChI is InChI=1S/C22H22N4O2/c1-14-7-4-12-19(23-14)22-24-17-10-6-11-18(26-28-3)20(17)21(25-22)15-8-5-9-16(13-15)27-2/h4-5,7-9,12-13H,6,10-11H2,1-3H3. The fourth-order valence-electron chi connectivity index (χ4n) is 3.50. The smallest absolute Gasteiger partial charge is 0.179 e. The monoisotopic (exact) mass is 374 g/mol. The molecule has 0 atom stereocenters. The number of rotatable bonds is 4. The molecular formula is C22H22N4O2. The van der Waals surface area contributed by atoms with Gasteiger partial charge in [-0.05, 0) is 50.5 Å². The van der Waals surface area contributed by atoms with Crippen LogP contribution >= 0.6 is 0 Å². The summed E-state index contributed by atoms with van der Waals surface area (Å²) in [6, 6.07) is 13.8. The number of oxime groups is 1. The molecule has 0 saturated heterocycles.